The molecule has 0 radical (unpaired) electrons. The topological polar surface area (TPSA) is 34.9 Å². The van der Waals surface area contributed by atoms with Gasteiger partial charge >= 0.3 is 0 Å². The van der Waals surface area contributed by atoms with Gasteiger partial charge in [0.05, 0.1) is 16.9 Å². The maximum Gasteiger partial charge on any atom is 0.262 e. The van der Waals surface area contributed by atoms with Gasteiger partial charge in [0.1, 0.15) is 5.82 Å². The summed E-state index contributed by atoms with van der Waals surface area (Å²) in [6, 6.07) is 25.9. The lowest BCUT2D eigenvalue weighted by Gasteiger charge is -2.23. The van der Waals surface area contributed by atoms with E-state index < -0.39 is 0 Å². The Balaban J connectivity index is 2.05. The smallest absolute Gasteiger partial charge is 0.262 e. The summed E-state index contributed by atoms with van der Waals surface area (Å²) in [5.74, 6) is 0.712. The van der Waals surface area contributed by atoms with Crippen LogP contribution in [-0.2, 0) is 0 Å². The van der Waals surface area contributed by atoms with E-state index in [4.69, 9.17) is 4.98 Å². The molecule has 0 saturated carbocycles. The summed E-state index contributed by atoms with van der Waals surface area (Å²) in [6.45, 7) is 3.90. The first-order valence-electron chi connectivity index (χ1n) is 8.74. The summed E-state index contributed by atoms with van der Waals surface area (Å²) in [6.07, 6.45) is 0. The third kappa shape index (κ3) is 2.82. The van der Waals surface area contributed by atoms with E-state index in [1.54, 1.807) is 0 Å². The molecule has 0 fully saturated rings. The Morgan fingerprint density at radius 2 is 1.38 bits per heavy atom. The van der Waals surface area contributed by atoms with Gasteiger partial charge in [0.2, 0.25) is 0 Å². The van der Waals surface area contributed by atoms with Crippen LogP contribution in [0.1, 0.15) is 28.6 Å². The maximum absolute atomic E-state index is 13.4. The van der Waals surface area contributed by atoms with Crippen LogP contribution in [0.2, 0.25) is 0 Å². The summed E-state index contributed by atoms with van der Waals surface area (Å²) in [7, 11) is 0. The highest BCUT2D eigenvalue weighted by Gasteiger charge is 2.21. The molecule has 1 heterocycles. The van der Waals surface area contributed by atoms with Crippen LogP contribution >= 0.6 is 0 Å². The van der Waals surface area contributed by atoms with Gasteiger partial charge in [-0.2, -0.15) is 0 Å². The van der Waals surface area contributed by atoms with E-state index in [-0.39, 0.29) is 11.6 Å². The highest BCUT2D eigenvalue weighted by Crippen LogP contribution is 2.27. The molecule has 0 spiro atoms. The second-order valence-corrected chi connectivity index (χ2v) is 6.58. The second kappa shape index (κ2) is 6.60. The molecule has 4 aromatic rings. The van der Waals surface area contributed by atoms with Crippen LogP contribution in [0.3, 0.4) is 0 Å². The normalized spacial score (nSPS) is 11.2. The van der Waals surface area contributed by atoms with Crippen LogP contribution in [0.4, 0.5) is 0 Å². The predicted molar refractivity (Wildman–Crippen MR) is 106 cm³/mol. The molecule has 0 unspecified atom stereocenters. The zero-order valence-corrected chi connectivity index (χ0v) is 14.9. The summed E-state index contributed by atoms with van der Waals surface area (Å²) in [5, 5.41) is 0.660. The van der Waals surface area contributed by atoms with Gasteiger partial charge in [0, 0.05) is 0 Å². The van der Waals surface area contributed by atoms with Crippen LogP contribution in [0.25, 0.3) is 10.9 Å². The molecular weight excluding hydrogens is 320 g/mol. The van der Waals surface area contributed by atoms with Crippen molar-refractivity contribution in [3.05, 3.63) is 112 Å². The van der Waals surface area contributed by atoms with E-state index in [2.05, 4.69) is 24.3 Å². The molecule has 128 valence electrons. The summed E-state index contributed by atoms with van der Waals surface area (Å²) < 4.78 is 1.81. The zero-order valence-electron chi connectivity index (χ0n) is 14.9. The van der Waals surface area contributed by atoms with Gasteiger partial charge in [-0.1, -0.05) is 72.3 Å². The Hall–Kier alpha value is -3.20. The van der Waals surface area contributed by atoms with Gasteiger partial charge in [-0.25, -0.2) is 4.98 Å². The standard InChI is InChI=1S/C23H20N2O/c1-16-13-14-21-20(15-16)23(26)25(17(2)24-21)22(18-9-5-3-6-10-18)19-11-7-4-8-12-19/h3-15,22H,1-2H3. The van der Waals surface area contributed by atoms with Gasteiger partial charge in [-0.3, -0.25) is 9.36 Å². The minimum atomic E-state index is -0.206. The molecule has 3 aromatic carbocycles. The second-order valence-electron chi connectivity index (χ2n) is 6.58. The molecule has 0 atom stereocenters. The van der Waals surface area contributed by atoms with E-state index in [1.165, 1.54) is 0 Å². The largest absolute Gasteiger partial charge is 0.285 e. The fraction of sp³-hybridized carbons (Fsp3) is 0.130. The van der Waals surface area contributed by atoms with Gasteiger partial charge < -0.3 is 0 Å². The molecule has 1 aromatic heterocycles. The highest BCUT2D eigenvalue weighted by atomic mass is 16.1. The first kappa shape index (κ1) is 16.3. The average molecular weight is 340 g/mol. The van der Waals surface area contributed by atoms with Crippen LogP contribution < -0.4 is 5.56 Å². The van der Waals surface area contributed by atoms with Crippen molar-refractivity contribution in [1.29, 1.82) is 0 Å². The maximum atomic E-state index is 13.4. The SMILES string of the molecule is Cc1ccc2nc(C)n(C(c3ccccc3)c3ccccc3)c(=O)c2c1. The van der Waals surface area contributed by atoms with Crippen molar-refractivity contribution in [2.24, 2.45) is 0 Å². The van der Waals surface area contributed by atoms with Crippen molar-refractivity contribution in [3.8, 4) is 0 Å². The van der Waals surface area contributed by atoms with E-state index in [0.29, 0.717) is 11.2 Å². The molecule has 0 N–H and O–H groups in total. The number of benzene rings is 3. The highest BCUT2D eigenvalue weighted by molar-refractivity contribution is 5.78. The summed E-state index contributed by atoms with van der Waals surface area (Å²) >= 11 is 0. The van der Waals surface area contributed by atoms with Crippen LogP contribution in [0.5, 0.6) is 0 Å². The molecule has 26 heavy (non-hydrogen) atoms. The number of nitrogens with zero attached hydrogens (tertiary/aromatic N) is 2. The van der Waals surface area contributed by atoms with E-state index in [9.17, 15) is 4.79 Å². The van der Waals surface area contributed by atoms with E-state index >= 15 is 0 Å². The molecule has 3 heteroatoms. The number of rotatable bonds is 3. The van der Waals surface area contributed by atoms with E-state index in [1.807, 2.05) is 73.0 Å². The molecule has 0 aliphatic heterocycles. The van der Waals surface area contributed by atoms with Crippen molar-refractivity contribution in [2.75, 3.05) is 0 Å². The molecule has 0 bridgehead atoms. The van der Waals surface area contributed by atoms with Gasteiger partial charge in [0.15, 0.2) is 0 Å². The Kier molecular flexibility index (Phi) is 4.13. The number of hydrogen-bond acceptors (Lipinski definition) is 2. The Bertz CT molecular complexity index is 1080. The average Bonchev–Trinajstić information content (AvgIpc) is 2.67. The Morgan fingerprint density at radius 1 is 0.808 bits per heavy atom. The molecule has 3 nitrogen and oxygen atoms in total. The fourth-order valence-corrected chi connectivity index (χ4v) is 3.49. The van der Waals surface area contributed by atoms with Crippen molar-refractivity contribution < 1.29 is 0 Å². The van der Waals surface area contributed by atoms with Gasteiger partial charge in [-0.15, -0.1) is 0 Å². The lowest BCUT2D eigenvalue weighted by atomic mass is 9.98. The third-order valence-corrected chi connectivity index (χ3v) is 4.72. The Morgan fingerprint density at radius 3 is 1.96 bits per heavy atom. The van der Waals surface area contributed by atoms with Crippen LogP contribution in [-0.4, -0.2) is 9.55 Å². The molecule has 0 amide bonds. The minimum Gasteiger partial charge on any atom is -0.285 e. The summed E-state index contributed by atoms with van der Waals surface area (Å²) in [4.78, 5) is 18.1. The lowest BCUT2D eigenvalue weighted by molar-refractivity contribution is 0.619. The van der Waals surface area contributed by atoms with Gasteiger partial charge in [0.25, 0.3) is 5.56 Å². The molecule has 0 aliphatic rings. The quantitative estimate of drug-likeness (QED) is 0.544. The predicted octanol–water partition coefficient (Wildman–Crippen LogP) is 4.65. The van der Waals surface area contributed by atoms with Gasteiger partial charge in [-0.05, 0) is 37.1 Å². The van der Waals surface area contributed by atoms with Crippen molar-refractivity contribution >= 4 is 10.9 Å². The van der Waals surface area contributed by atoms with Crippen LogP contribution in [0.15, 0.2) is 83.7 Å². The molecule has 4 rings (SSSR count). The molecule has 0 aliphatic carbocycles. The number of aryl methyl sites for hydroxylation is 2. The fourth-order valence-electron chi connectivity index (χ4n) is 3.49. The lowest BCUT2D eigenvalue weighted by Crippen LogP contribution is -2.29. The first-order chi connectivity index (χ1) is 12.6. The Labute approximate surface area is 152 Å². The van der Waals surface area contributed by atoms with Crippen molar-refractivity contribution in [3.63, 3.8) is 0 Å². The van der Waals surface area contributed by atoms with Crippen LogP contribution in [0, 0.1) is 13.8 Å². The summed E-state index contributed by atoms with van der Waals surface area (Å²) in [5.41, 5.74) is 3.93. The minimum absolute atomic E-state index is 0.00564. The number of aromatic nitrogens is 2. The van der Waals surface area contributed by atoms with Crippen molar-refractivity contribution in [2.45, 2.75) is 19.9 Å². The molecule has 0 saturated heterocycles. The monoisotopic (exact) mass is 340 g/mol. The number of fused-ring (bicyclic) bond motifs is 1. The van der Waals surface area contributed by atoms with Crippen molar-refractivity contribution in [1.82, 2.24) is 9.55 Å². The molecular formula is C23H20N2O. The zero-order chi connectivity index (χ0) is 18.1. The number of hydrogen-bond donors (Lipinski definition) is 0. The van der Waals surface area contributed by atoms with E-state index in [0.717, 1.165) is 22.2 Å². The third-order valence-electron chi connectivity index (χ3n) is 4.72. The first-order valence-corrected chi connectivity index (χ1v) is 8.74.